The van der Waals surface area contributed by atoms with Crippen molar-refractivity contribution < 1.29 is 19.1 Å². The minimum atomic E-state index is -0.837. The lowest BCUT2D eigenvalue weighted by atomic mass is 9.71. The fraction of sp³-hybridized carbons (Fsp3) is 0.733. The van der Waals surface area contributed by atoms with Gasteiger partial charge < -0.3 is 9.47 Å². The summed E-state index contributed by atoms with van der Waals surface area (Å²) in [6, 6.07) is 0. The second-order valence-electron chi connectivity index (χ2n) is 5.83. The number of hydrogen-bond donors (Lipinski definition) is 0. The van der Waals surface area contributed by atoms with Crippen molar-refractivity contribution >= 4 is 11.8 Å². The van der Waals surface area contributed by atoms with Crippen LogP contribution < -0.4 is 0 Å². The summed E-state index contributed by atoms with van der Waals surface area (Å²) in [5.74, 6) is 0.629. The van der Waals surface area contributed by atoms with E-state index < -0.39 is 5.41 Å². The Hall–Kier alpha value is -1.32. The molecule has 3 aliphatic rings. The van der Waals surface area contributed by atoms with Crippen LogP contribution in [0.25, 0.3) is 0 Å². The van der Waals surface area contributed by atoms with Crippen molar-refractivity contribution in [2.75, 3.05) is 13.7 Å². The van der Waals surface area contributed by atoms with E-state index >= 15 is 0 Å². The van der Waals surface area contributed by atoms with Gasteiger partial charge in [0, 0.05) is 17.8 Å². The highest BCUT2D eigenvalue weighted by molar-refractivity contribution is 5.97. The molecule has 2 saturated carbocycles. The number of carbonyl (C=O) groups is 2. The first-order valence-corrected chi connectivity index (χ1v) is 7.07. The maximum atomic E-state index is 12.5. The van der Waals surface area contributed by atoms with Gasteiger partial charge in [0.05, 0.1) is 13.7 Å². The van der Waals surface area contributed by atoms with Gasteiger partial charge in [0.2, 0.25) is 0 Å². The number of hydrogen-bond acceptors (Lipinski definition) is 4. The van der Waals surface area contributed by atoms with Gasteiger partial charge in [0.25, 0.3) is 0 Å². The third-order valence-electron chi connectivity index (χ3n) is 5.17. The summed E-state index contributed by atoms with van der Waals surface area (Å²) in [4.78, 5) is 24.8. The second-order valence-corrected chi connectivity index (χ2v) is 5.83. The van der Waals surface area contributed by atoms with Crippen LogP contribution in [0.5, 0.6) is 0 Å². The zero-order chi connectivity index (χ0) is 13.7. The first kappa shape index (κ1) is 12.7. The van der Waals surface area contributed by atoms with E-state index in [9.17, 15) is 9.59 Å². The molecule has 0 N–H and O–H groups in total. The van der Waals surface area contributed by atoms with Gasteiger partial charge in [-0.25, -0.2) is 0 Å². The maximum absolute atomic E-state index is 12.5. The molecule has 0 heterocycles. The third-order valence-corrected chi connectivity index (χ3v) is 5.17. The van der Waals surface area contributed by atoms with Crippen molar-refractivity contribution in [1.29, 1.82) is 0 Å². The molecule has 4 heteroatoms. The smallest absolute Gasteiger partial charge is 0.320 e. The largest absolute Gasteiger partial charge is 0.497 e. The highest BCUT2D eigenvalue weighted by Crippen LogP contribution is 2.73. The number of esters is 1. The molecule has 1 spiro atoms. The average Bonchev–Trinajstić information content (AvgIpc) is 3.15. The molecule has 0 aromatic heterocycles. The van der Waals surface area contributed by atoms with E-state index in [2.05, 4.69) is 0 Å². The molecule has 2 bridgehead atoms. The Labute approximate surface area is 113 Å². The van der Waals surface area contributed by atoms with E-state index in [1.807, 2.05) is 13.0 Å². The average molecular weight is 264 g/mol. The summed E-state index contributed by atoms with van der Waals surface area (Å²) < 4.78 is 10.8. The number of carbonyl (C=O) groups excluding carboxylic acids is 2. The van der Waals surface area contributed by atoms with Gasteiger partial charge in [-0.2, -0.15) is 0 Å². The van der Waals surface area contributed by atoms with Crippen LogP contribution >= 0.6 is 0 Å². The summed E-state index contributed by atoms with van der Waals surface area (Å²) in [6.07, 6.45) is 5.79. The number of Topliss-reactive ketones (excluding diaryl/α,β-unsaturated/α-hetero) is 1. The monoisotopic (exact) mass is 264 g/mol. The Morgan fingerprint density at radius 2 is 2.21 bits per heavy atom. The summed E-state index contributed by atoms with van der Waals surface area (Å²) in [7, 11) is 1.40. The van der Waals surface area contributed by atoms with E-state index in [1.165, 1.54) is 7.11 Å². The Morgan fingerprint density at radius 3 is 2.79 bits per heavy atom. The normalized spacial score (nSPS) is 34.7. The fourth-order valence-electron chi connectivity index (χ4n) is 4.29. The van der Waals surface area contributed by atoms with Crippen LogP contribution in [-0.4, -0.2) is 25.5 Å². The number of methoxy groups -OCH3 is 1. The molecule has 2 atom stereocenters. The summed E-state index contributed by atoms with van der Waals surface area (Å²) in [5.41, 5.74) is -1.05. The van der Waals surface area contributed by atoms with Crippen molar-refractivity contribution in [3.63, 3.8) is 0 Å². The molecule has 0 aliphatic heterocycles. The lowest BCUT2D eigenvalue weighted by Gasteiger charge is -2.34. The molecular weight excluding hydrogens is 244 g/mol. The van der Waals surface area contributed by atoms with Crippen LogP contribution in [-0.2, 0) is 19.1 Å². The maximum Gasteiger partial charge on any atom is 0.320 e. The van der Waals surface area contributed by atoms with Crippen LogP contribution in [0.4, 0.5) is 0 Å². The zero-order valence-electron chi connectivity index (χ0n) is 11.5. The van der Waals surface area contributed by atoms with Crippen LogP contribution in [0.3, 0.4) is 0 Å². The molecular formula is C15H20O4. The third kappa shape index (κ3) is 1.40. The molecule has 3 rings (SSSR count). The van der Waals surface area contributed by atoms with Gasteiger partial charge in [-0.05, 0) is 38.7 Å². The second kappa shape index (κ2) is 4.09. The summed E-state index contributed by atoms with van der Waals surface area (Å²) in [6.45, 7) is 2.42. The van der Waals surface area contributed by atoms with Gasteiger partial charge in [-0.1, -0.05) is 0 Å². The van der Waals surface area contributed by atoms with Gasteiger partial charge in [0.15, 0.2) is 0 Å². The molecule has 0 aromatic carbocycles. The van der Waals surface area contributed by atoms with E-state index in [4.69, 9.17) is 9.47 Å². The SMILES string of the molecule is CCOC1=CCCC2C(=O)CC1(C(=O)OC)C21CC1. The van der Waals surface area contributed by atoms with E-state index in [0.29, 0.717) is 12.4 Å². The minimum absolute atomic E-state index is 0.0146. The Balaban J connectivity index is 2.14. The Bertz CT molecular complexity index is 461. The quantitative estimate of drug-likeness (QED) is 0.733. The van der Waals surface area contributed by atoms with Crippen LogP contribution in [0.1, 0.15) is 39.0 Å². The van der Waals surface area contributed by atoms with E-state index in [1.54, 1.807) is 0 Å². The highest BCUT2D eigenvalue weighted by Gasteiger charge is 2.75. The first-order valence-electron chi connectivity index (χ1n) is 7.07. The van der Waals surface area contributed by atoms with Crippen LogP contribution in [0.2, 0.25) is 0 Å². The molecule has 0 saturated heterocycles. The molecule has 3 aliphatic carbocycles. The fourth-order valence-corrected chi connectivity index (χ4v) is 4.29. The van der Waals surface area contributed by atoms with E-state index in [0.717, 1.165) is 25.7 Å². The molecule has 2 fully saturated rings. The van der Waals surface area contributed by atoms with Crippen molar-refractivity contribution in [2.45, 2.75) is 39.0 Å². The first-order chi connectivity index (χ1) is 9.12. The van der Waals surface area contributed by atoms with Crippen molar-refractivity contribution in [3.8, 4) is 0 Å². The lowest BCUT2D eigenvalue weighted by Crippen LogP contribution is -2.41. The lowest BCUT2D eigenvalue weighted by molar-refractivity contribution is -0.157. The van der Waals surface area contributed by atoms with Crippen LogP contribution in [0.15, 0.2) is 11.8 Å². The van der Waals surface area contributed by atoms with Crippen molar-refractivity contribution in [3.05, 3.63) is 11.8 Å². The zero-order valence-corrected chi connectivity index (χ0v) is 11.5. The molecule has 0 radical (unpaired) electrons. The Kier molecular flexibility index (Phi) is 2.73. The predicted octanol–water partition coefficient (Wildman–Crippen LogP) is 2.23. The number of ketones is 1. The predicted molar refractivity (Wildman–Crippen MR) is 68.2 cm³/mol. The van der Waals surface area contributed by atoms with Gasteiger partial charge in [-0.15, -0.1) is 0 Å². The minimum Gasteiger partial charge on any atom is -0.497 e. The van der Waals surface area contributed by atoms with Crippen LogP contribution in [0, 0.1) is 16.7 Å². The number of rotatable bonds is 3. The topological polar surface area (TPSA) is 52.6 Å². The molecule has 0 aromatic rings. The van der Waals surface area contributed by atoms with Crippen molar-refractivity contribution in [1.82, 2.24) is 0 Å². The molecule has 0 amide bonds. The summed E-state index contributed by atoms with van der Waals surface area (Å²) >= 11 is 0. The molecule has 4 nitrogen and oxygen atoms in total. The van der Waals surface area contributed by atoms with Crippen molar-refractivity contribution in [2.24, 2.45) is 16.7 Å². The molecule has 19 heavy (non-hydrogen) atoms. The number of allylic oxidation sites excluding steroid dienone is 1. The van der Waals surface area contributed by atoms with Gasteiger partial charge in [-0.3, -0.25) is 9.59 Å². The molecule has 2 unspecified atom stereocenters. The van der Waals surface area contributed by atoms with Gasteiger partial charge >= 0.3 is 5.97 Å². The van der Waals surface area contributed by atoms with E-state index in [-0.39, 0.29) is 29.5 Å². The highest BCUT2D eigenvalue weighted by atomic mass is 16.5. The van der Waals surface area contributed by atoms with Gasteiger partial charge in [0.1, 0.15) is 17.0 Å². The summed E-state index contributed by atoms with van der Waals surface area (Å²) in [5, 5.41) is 0. The Morgan fingerprint density at radius 1 is 1.47 bits per heavy atom. The molecule has 104 valence electrons. The standard InChI is InChI=1S/C15H20O4/c1-3-19-12-6-4-5-10-11(16)9-15(12,13(17)18-2)14(10)7-8-14/h6,10H,3-5,7-9H2,1-2H3. The number of ether oxygens (including phenoxy) is 2.